The Hall–Kier alpha value is -1.44. The van der Waals surface area contributed by atoms with Crippen LogP contribution in [0.5, 0.6) is 0 Å². The lowest BCUT2D eigenvalue weighted by Gasteiger charge is -2.30. The second kappa shape index (κ2) is 8.09. The number of rotatable bonds is 6. The van der Waals surface area contributed by atoms with Crippen molar-refractivity contribution in [2.45, 2.75) is 39.0 Å². The highest BCUT2D eigenvalue weighted by molar-refractivity contribution is 5.81. The smallest absolute Gasteiger partial charge is 0.239 e. The minimum absolute atomic E-state index is 0.0727. The van der Waals surface area contributed by atoms with Gasteiger partial charge >= 0.3 is 0 Å². The van der Waals surface area contributed by atoms with Crippen LogP contribution in [0.25, 0.3) is 0 Å². The van der Waals surface area contributed by atoms with E-state index in [2.05, 4.69) is 23.5 Å². The third-order valence-corrected chi connectivity index (χ3v) is 4.90. The van der Waals surface area contributed by atoms with Crippen LogP contribution in [0.4, 0.5) is 0 Å². The number of aromatic nitrogens is 2. The van der Waals surface area contributed by atoms with Crippen molar-refractivity contribution in [3.8, 4) is 0 Å². The van der Waals surface area contributed by atoms with E-state index >= 15 is 0 Å². The first-order chi connectivity index (χ1) is 11.7. The van der Waals surface area contributed by atoms with Crippen molar-refractivity contribution in [1.29, 1.82) is 0 Å². The van der Waals surface area contributed by atoms with Gasteiger partial charge in [0.25, 0.3) is 0 Å². The number of hydrogen-bond donors (Lipinski definition) is 1. The van der Waals surface area contributed by atoms with Gasteiger partial charge in [-0.3, -0.25) is 9.48 Å². The molecule has 7 heteroatoms. The van der Waals surface area contributed by atoms with E-state index in [1.165, 1.54) is 0 Å². The van der Waals surface area contributed by atoms with Gasteiger partial charge in [-0.1, -0.05) is 0 Å². The average Bonchev–Trinajstić information content (AvgIpc) is 3.28. The Morgan fingerprint density at radius 2 is 2.21 bits per heavy atom. The normalized spacial score (nSPS) is 25.8. The average molecular weight is 336 g/mol. The van der Waals surface area contributed by atoms with E-state index in [-0.39, 0.29) is 18.1 Å². The van der Waals surface area contributed by atoms with Crippen molar-refractivity contribution >= 4 is 5.91 Å². The number of amides is 1. The molecule has 0 bridgehead atoms. The zero-order chi connectivity index (χ0) is 16.9. The van der Waals surface area contributed by atoms with E-state index in [1.54, 1.807) is 0 Å². The minimum Gasteiger partial charge on any atom is -0.378 e. The molecule has 2 fully saturated rings. The van der Waals surface area contributed by atoms with E-state index in [0.717, 1.165) is 31.7 Å². The van der Waals surface area contributed by atoms with Crippen molar-refractivity contribution in [2.24, 2.45) is 5.92 Å². The predicted molar refractivity (Wildman–Crippen MR) is 89.6 cm³/mol. The van der Waals surface area contributed by atoms with E-state index in [1.807, 2.05) is 22.7 Å². The Labute approximate surface area is 143 Å². The van der Waals surface area contributed by atoms with Gasteiger partial charge in [0.05, 0.1) is 31.6 Å². The molecule has 0 aliphatic carbocycles. The lowest BCUT2D eigenvalue weighted by Crippen LogP contribution is -2.50. The zero-order valence-corrected chi connectivity index (χ0v) is 14.6. The van der Waals surface area contributed by atoms with Crippen molar-refractivity contribution in [3.63, 3.8) is 0 Å². The zero-order valence-electron chi connectivity index (χ0n) is 14.6. The summed E-state index contributed by atoms with van der Waals surface area (Å²) in [5, 5.41) is 7.74. The molecule has 0 spiro atoms. The molecule has 7 nitrogen and oxygen atoms in total. The Balaban J connectivity index is 1.52. The predicted octanol–water partition coefficient (Wildman–Crippen LogP) is 0.818. The molecular weight excluding hydrogens is 308 g/mol. The van der Waals surface area contributed by atoms with Crippen LogP contribution in [0, 0.1) is 5.92 Å². The quantitative estimate of drug-likeness (QED) is 0.833. The highest BCUT2D eigenvalue weighted by Gasteiger charge is 2.31. The Morgan fingerprint density at radius 3 is 2.92 bits per heavy atom. The first-order valence-electron chi connectivity index (χ1n) is 8.93. The van der Waals surface area contributed by atoms with Crippen LogP contribution in [-0.4, -0.2) is 66.1 Å². The largest absolute Gasteiger partial charge is 0.378 e. The number of carbonyl (C=O) groups is 1. The third kappa shape index (κ3) is 3.96. The van der Waals surface area contributed by atoms with Crippen LogP contribution in [-0.2, 0) is 20.8 Å². The second-order valence-electron chi connectivity index (χ2n) is 6.54. The van der Waals surface area contributed by atoms with Gasteiger partial charge in [-0.2, -0.15) is 5.10 Å². The Kier molecular flexibility index (Phi) is 5.86. The van der Waals surface area contributed by atoms with Gasteiger partial charge in [0.2, 0.25) is 5.91 Å². The molecule has 0 radical (unpaired) electrons. The number of nitrogens with one attached hydrogen (secondary N) is 1. The summed E-state index contributed by atoms with van der Waals surface area (Å²) >= 11 is 0. The maximum Gasteiger partial charge on any atom is 0.239 e. The van der Waals surface area contributed by atoms with Crippen molar-refractivity contribution in [3.05, 3.63) is 18.0 Å². The number of hydrogen-bond acceptors (Lipinski definition) is 5. The molecule has 0 unspecified atom stereocenters. The van der Waals surface area contributed by atoms with Gasteiger partial charge in [0.15, 0.2) is 0 Å². The monoisotopic (exact) mass is 336 g/mol. The van der Waals surface area contributed by atoms with Gasteiger partial charge in [-0.15, -0.1) is 0 Å². The summed E-state index contributed by atoms with van der Waals surface area (Å²) in [7, 11) is 0. The summed E-state index contributed by atoms with van der Waals surface area (Å²) in [6.45, 7) is 9.07. The van der Waals surface area contributed by atoms with Gasteiger partial charge in [-0.05, 0) is 20.3 Å². The van der Waals surface area contributed by atoms with Crippen molar-refractivity contribution in [2.75, 3.05) is 39.5 Å². The van der Waals surface area contributed by atoms with Gasteiger partial charge in [0.1, 0.15) is 0 Å². The molecule has 2 aliphatic heterocycles. The molecule has 2 saturated heterocycles. The molecule has 134 valence electrons. The van der Waals surface area contributed by atoms with Crippen LogP contribution >= 0.6 is 0 Å². The Morgan fingerprint density at radius 1 is 1.42 bits per heavy atom. The maximum absolute atomic E-state index is 12.5. The van der Waals surface area contributed by atoms with Gasteiger partial charge < -0.3 is 19.7 Å². The number of aryl methyl sites for hydroxylation is 1. The summed E-state index contributed by atoms with van der Waals surface area (Å²) in [4.78, 5) is 14.3. The summed E-state index contributed by atoms with van der Waals surface area (Å²) in [6.07, 6.45) is 5.04. The lowest BCUT2D eigenvalue weighted by atomic mass is 9.97. The second-order valence-corrected chi connectivity index (χ2v) is 6.54. The maximum atomic E-state index is 12.5. The molecule has 1 aromatic rings. The highest BCUT2D eigenvalue weighted by atomic mass is 16.5. The number of nitrogens with zero attached hydrogens (tertiary/aromatic N) is 3. The van der Waals surface area contributed by atoms with Crippen LogP contribution in [0.1, 0.15) is 31.9 Å². The summed E-state index contributed by atoms with van der Waals surface area (Å²) in [5.74, 6) is 0.534. The number of morpholine rings is 1. The summed E-state index contributed by atoms with van der Waals surface area (Å²) in [6, 6.07) is -0.178. The van der Waals surface area contributed by atoms with Crippen molar-refractivity contribution < 1.29 is 14.3 Å². The fraction of sp³-hybridized carbons (Fsp3) is 0.765. The molecule has 1 amide bonds. The molecule has 24 heavy (non-hydrogen) atoms. The fourth-order valence-corrected chi connectivity index (χ4v) is 3.38. The van der Waals surface area contributed by atoms with E-state index < -0.39 is 0 Å². The standard InChI is InChI=1S/C17H28N4O3/c1-3-21-12-15(11-19-21)16-14(4-7-24-16)10-18-13(2)17(22)20-5-8-23-9-6-20/h11-14,16,18H,3-10H2,1-2H3/t13-,14-,16+/m0/s1. The molecule has 2 aliphatic rings. The first kappa shape index (κ1) is 17.4. The highest BCUT2D eigenvalue weighted by Crippen LogP contribution is 2.33. The number of ether oxygens (including phenoxy) is 2. The van der Waals surface area contributed by atoms with Crippen LogP contribution in [0.15, 0.2) is 12.4 Å². The van der Waals surface area contributed by atoms with E-state index in [0.29, 0.717) is 32.2 Å². The number of carbonyl (C=O) groups excluding carboxylic acids is 1. The van der Waals surface area contributed by atoms with Crippen LogP contribution in [0.3, 0.4) is 0 Å². The minimum atomic E-state index is -0.178. The third-order valence-electron chi connectivity index (χ3n) is 4.90. The SMILES string of the molecule is CCn1cc([C@@H]2OCC[C@H]2CN[C@@H](C)C(=O)N2CCOCC2)cn1. The molecule has 3 heterocycles. The Bertz CT molecular complexity index is 542. The van der Waals surface area contributed by atoms with Crippen LogP contribution < -0.4 is 5.32 Å². The summed E-state index contributed by atoms with van der Waals surface area (Å²) in [5.41, 5.74) is 1.13. The molecule has 1 N–H and O–H groups in total. The lowest BCUT2D eigenvalue weighted by molar-refractivity contribution is -0.137. The molecule has 0 saturated carbocycles. The first-order valence-corrected chi connectivity index (χ1v) is 8.93. The van der Waals surface area contributed by atoms with Gasteiger partial charge in [-0.25, -0.2) is 0 Å². The van der Waals surface area contributed by atoms with E-state index in [4.69, 9.17) is 9.47 Å². The fourth-order valence-electron chi connectivity index (χ4n) is 3.38. The topological polar surface area (TPSA) is 68.6 Å². The van der Waals surface area contributed by atoms with Crippen molar-refractivity contribution in [1.82, 2.24) is 20.0 Å². The van der Waals surface area contributed by atoms with Crippen LogP contribution in [0.2, 0.25) is 0 Å². The molecule has 3 atom stereocenters. The molecular formula is C17H28N4O3. The van der Waals surface area contributed by atoms with Gasteiger partial charge in [0, 0.05) is 50.5 Å². The molecule has 1 aromatic heterocycles. The summed E-state index contributed by atoms with van der Waals surface area (Å²) < 4.78 is 13.1. The van der Waals surface area contributed by atoms with E-state index in [9.17, 15) is 4.79 Å². The molecule has 0 aromatic carbocycles. The molecule has 3 rings (SSSR count).